The second-order valence-electron chi connectivity index (χ2n) is 9.97. The zero-order valence-corrected chi connectivity index (χ0v) is 25.9. The van der Waals surface area contributed by atoms with Crippen LogP contribution in [-0.2, 0) is 0 Å². The first-order valence-electron chi connectivity index (χ1n) is 14.7. The fraction of sp³-hybridized carbons (Fsp3) is 0.375. The molecule has 3 fully saturated rings. The first-order chi connectivity index (χ1) is 20.6. The Morgan fingerprint density at radius 2 is 1.47 bits per heavy atom. The van der Waals surface area contributed by atoms with E-state index in [1.54, 1.807) is 24.5 Å². The maximum atomic E-state index is 13.2. The van der Waals surface area contributed by atoms with Crippen molar-refractivity contribution in [3.05, 3.63) is 102 Å². The van der Waals surface area contributed by atoms with E-state index in [4.69, 9.17) is 0 Å². The van der Waals surface area contributed by atoms with Crippen LogP contribution in [0.1, 0.15) is 41.4 Å². The van der Waals surface area contributed by atoms with Gasteiger partial charge in [-0.1, -0.05) is 74.5 Å². The molecule has 2 aromatic carbocycles. The second-order valence-corrected chi connectivity index (χ2v) is 9.97. The smallest absolute Gasteiger partial charge is 0.317 e. The van der Waals surface area contributed by atoms with Gasteiger partial charge in [0.1, 0.15) is 0 Å². The van der Waals surface area contributed by atoms with Crippen molar-refractivity contribution >= 4 is 31.5 Å². The van der Waals surface area contributed by atoms with E-state index in [0.717, 1.165) is 13.1 Å². The van der Waals surface area contributed by atoms with Crippen LogP contribution in [0.5, 0.6) is 0 Å². The van der Waals surface area contributed by atoms with E-state index >= 15 is 0 Å². The molecule has 1 atom stereocenters. The number of hydrogen-bond donors (Lipinski definition) is 3. The highest BCUT2D eigenvalue weighted by molar-refractivity contribution is 7.59. The van der Waals surface area contributed by atoms with Crippen molar-refractivity contribution in [3.63, 3.8) is 0 Å². The van der Waals surface area contributed by atoms with Gasteiger partial charge >= 0.3 is 12.1 Å². The summed E-state index contributed by atoms with van der Waals surface area (Å²) in [6, 6.07) is 24.5. The van der Waals surface area contributed by atoms with Crippen LogP contribution in [0.3, 0.4) is 0 Å². The number of benzene rings is 2. The highest BCUT2D eigenvalue weighted by atomic mass is 32.1. The lowest BCUT2D eigenvalue weighted by Crippen LogP contribution is -2.59. The minimum absolute atomic E-state index is 0. The van der Waals surface area contributed by atoms with Crippen LogP contribution in [0.2, 0.25) is 0 Å². The molecule has 3 saturated heterocycles. The topological polar surface area (TPSA) is 110 Å². The molecule has 230 valence electrons. The molecule has 3 aliphatic rings. The van der Waals surface area contributed by atoms with Gasteiger partial charge in [-0.25, -0.2) is 9.59 Å². The Balaban J connectivity index is 0.000000496. The third kappa shape index (κ3) is 8.95. The van der Waals surface area contributed by atoms with Crippen molar-refractivity contribution in [1.82, 2.24) is 35.6 Å². The summed E-state index contributed by atoms with van der Waals surface area (Å²) in [7, 11) is 0. The molecule has 3 aromatic rings. The maximum Gasteiger partial charge on any atom is 0.317 e. The molecule has 4 heterocycles. The first kappa shape index (κ1) is 33.4. The number of hydrogen-bond acceptors (Lipinski definition) is 5. The highest BCUT2D eigenvalue weighted by Gasteiger charge is 2.37. The number of piperazine rings is 1. The zero-order valence-electron chi connectivity index (χ0n) is 24.9. The summed E-state index contributed by atoms with van der Waals surface area (Å²) in [5, 5.41) is 8.04. The molecule has 5 amide bonds. The number of urea groups is 2. The van der Waals surface area contributed by atoms with Gasteiger partial charge < -0.3 is 25.8 Å². The summed E-state index contributed by atoms with van der Waals surface area (Å²) in [5.74, 6) is -0.0143. The molecule has 0 bridgehead atoms. The maximum absolute atomic E-state index is 13.2. The highest BCUT2D eigenvalue weighted by Crippen LogP contribution is 2.32. The lowest BCUT2D eigenvalue weighted by atomic mass is 9.94. The van der Waals surface area contributed by atoms with E-state index in [-0.39, 0.29) is 43.5 Å². The van der Waals surface area contributed by atoms with Crippen molar-refractivity contribution in [1.29, 1.82) is 0 Å². The summed E-state index contributed by atoms with van der Waals surface area (Å²) < 4.78 is 0. The van der Waals surface area contributed by atoms with Crippen molar-refractivity contribution in [3.8, 4) is 0 Å². The average molecular weight is 606 g/mol. The van der Waals surface area contributed by atoms with E-state index < -0.39 is 0 Å². The lowest BCUT2D eigenvalue weighted by molar-refractivity contribution is 0.0318. The predicted octanol–water partition coefficient (Wildman–Crippen LogP) is 3.46. The lowest BCUT2D eigenvalue weighted by Gasteiger charge is -2.46. The first-order valence-corrected chi connectivity index (χ1v) is 14.7. The van der Waals surface area contributed by atoms with E-state index in [0.29, 0.717) is 44.8 Å². The van der Waals surface area contributed by atoms with E-state index in [1.165, 1.54) is 11.1 Å². The minimum Gasteiger partial charge on any atom is -0.336 e. The van der Waals surface area contributed by atoms with Crippen molar-refractivity contribution in [2.24, 2.45) is 0 Å². The van der Waals surface area contributed by atoms with Crippen molar-refractivity contribution < 1.29 is 14.4 Å². The third-order valence-electron chi connectivity index (χ3n) is 7.36. The van der Waals surface area contributed by atoms with Gasteiger partial charge in [-0.3, -0.25) is 14.7 Å². The van der Waals surface area contributed by atoms with Gasteiger partial charge in [0.05, 0.1) is 11.6 Å². The van der Waals surface area contributed by atoms with Crippen LogP contribution in [0.4, 0.5) is 9.59 Å². The number of carbonyl (C=O) groups excluding carboxylic acids is 3. The number of pyridine rings is 1. The normalized spacial score (nSPS) is 17.8. The number of carbonyl (C=O) groups is 3. The molecule has 6 rings (SSSR count). The van der Waals surface area contributed by atoms with Gasteiger partial charge in [0.15, 0.2) is 0 Å². The summed E-state index contributed by atoms with van der Waals surface area (Å²) in [6.07, 6.45) is 3.29. The summed E-state index contributed by atoms with van der Waals surface area (Å²) >= 11 is 0. The van der Waals surface area contributed by atoms with Gasteiger partial charge in [-0.05, 0) is 23.3 Å². The molecule has 0 spiro atoms. The Labute approximate surface area is 261 Å². The number of amides is 5. The third-order valence-corrected chi connectivity index (χ3v) is 7.36. The van der Waals surface area contributed by atoms with Crippen LogP contribution < -0.4 is 16.0 Å². The molecular formula is C32H43N7O3S. The van der Waals surface area contributed by atoms with Crippen molar-refractivity contribution in [2.45, 2.75) is 25.9 Å². The Morgan fingerprint density at radius 1 is 0.837 bits per heavy atom. The molecule has 11 heteroatoms. The summed E-state index contributed by atoms with van der Waals surface area (Å²) in [5.41, 5.74) is 3.00. The average Bonchev–Trinajstić information content (AvgIpc) is 3.70. The van der Waals surface area contributed by atoms with Gasteiger partial charge in [0.25, 0.3) is 5.91 Å². The van der Waals surface area contributed by atoms with Gasteiger partial charge in [0, 0.05) is 70.8 Å². The monoisotopic (exact) mass is 605 g/mol. The van der Waals surface area contributed by atoms with Gasteiger partial charge in [0.2, 0.25) is 0 Å². The van der Waals surface area contributed by atoms with Crippen LogP contribution >= 0.6 is 13.5 Å². The Hall–Kier alpha value is -4.09. The van der Waals surface area contributed by atoms with Crippen molar-refractivity contribution in [2.75, 3.05) is 52.4 Å². The van der Waals surface area contributed by atoms with Gasteiger partial charge in [-0.2, -0.15) is 13.5 Å². The Bertz CT molecular complexity index is 1240. The standard InChI is InChI=1S/C27H29N5O2.C3H6N2O.C2H6.H2S/c33-26(23-12-7-13-28-18-23)30-16-17-32(24(19-30)20-31-15-14-29-27(31)34)25(21-8-3-1-4-9-21)22-10-5-2-6-11-22;6-3-4-1-2-5-3;1-2;/h1-13,18,24-25H,14-17,19-20H2,(H,29,34);1-2H2,(H2,4,5,6);1-2H3;1H2. The molecule has 43 heavy (non-hydrogen) atoms. The largest absolute Gasteiger partial charge is 0.336 e. The second kappa shape index (κ2) is 17.1. The molecule has 3 N–H and O–H groups in total. The number of nitrogens with one attached hydrogen (secondary N) is 3. The molecule has 0 saturated carbocycles. The van der Waals surface area contributed by atoms with E-state index in [1.807, 2.05) is 35.8 Å². The number of rotatable bonds is 6. The van der Waals surface area contributed by atoms with E-state index in [9.17, 15) is 14.4 Å². The molecule has 10 nitrogen and oxygen atoms in total. The fourth-order valence-corrected chi connectivity index (χ4v) is 5.43. The summed E-state index contributed by atoms with van der Waals surface area (Å²) in [6.45, 7) is 9.34. The summed E-state index contributed by atoms with van der Waals surface area (Å²) in [4.78, 5) is 46.0. The van der Waals surface area contributed by atoms with Gasteiger partial charge in [-0.15, -0.1) is 0 Å². The fourth-order valence-electron chi connectivity index (χ4n) is 5.43. The molecule has 0 radical (unpaired) electrons. The Morgan fingerprint density at radius 3 is 1.95 bits per heavy atom. The number of aromatic nitrogens is 1. The van der Waals surface area contributed by atoms with Crippen LogP contribution in [0, 0.1) is 0 Å². The van der Waals surface area contributed by atoms with Crippen LogP contribution in [0.25, 0.3) is 0 Å². The minimum atomic E-state index is -0.0463. The van der Waals surface area contributed by atoms with E-state index in [2.05, 4.69) is 74.4 Å². The molecule has 0 aliphatic carbocycles. The van der Waals surface area contributed by atoms with Crippen LogP contribution in [0.15, 0.2) is 85.2 Å². The van der Waals surface area contributed by atoms with Crippen LogP contribution in [-0.4, -0.2) is 96.1 Å². The Kier molecular flexibility index (Phi) is 13.3. The molecular weight excluding hydrogens is 562 g/mol. The SMILES string of the molecule is CC.O=C1NCCN1.O=C1NCCN1CC1CN(C(=O)c2cccnc2)CCN1C(c1ccccc1)c1ccccc1.S. The predicted molar refractivity (Wildman–Crippen MR) is 173 cm³/mol. The zero-order chi connectivity index (χ0) is 29.7. The molecule has 3 aliphatic heterocycles. The molecule has 1 unspecified atom stereocenters. The quantitative estimate of drug-likeness (QED) is 0.399. The molecule has 1 aromatic heterocycles. The number of nitrogens with zero attached hydrogens (tertiary/aromatic N) is 4.